The van der Waals surface area contributed by atoms with Crippen LogP contribution in [0.4, 0.5) is 14.5 Å². The van der Waals surface area contributed by atoms with Gasteiger partial charge in [-0.2, -0.15) is 0 Å². The molecule has 0 radical (unpaired) electrons. The van der Waals surface area contributed by atoms with E-state index in [1.54, 1.807) is 6.92 Å². The Morgan fingerprint density at radius 3 is 2.41 bits per heavy atom. The van der Waals surface area contributed by atoms with Crippen LogP contribution in [0.2, 0.25) is 0 Å². The van der Waals surface area contributed by atoms with Gasteiger partial charge in [0, 0.05) is 12.6 Å². The molecule has 4 heteroatoms. The van der Waals surface area contributed by atoms with Gasteiger partial charge < -0.3 is 11.1 Å². The Labute approximate surface area is 101 Å². The molecule has 0 saturated carbocycles. The summed E-state index contributed by atoms with van der Waals surface area (Å²) in [6.45, 7) is 6.74. The van der Waals surface area contributed by atoms with Crippen molar-refractivity contribution in [3.8, 4) is 0 Å². The average molecular weight is 242 g/mol. The van der Waals surface area contributed by atoms with Gasteiger partial charge in [0.1, 0.15) is 11.6 Å². The molecule has 0 fully saturated rings. The van der Waals surface area contributed by atoms with E-state index in [1.165, 1.54) is 12.1 Å². The van der Waals surface area contributed by atoms with Crippen LogP contribution in [-0.4, -0.2) is 13.1 Å². The summed E-state index contributed by atoms with van der Waals surface area (Å²) in [6.07, 6.45) is 0. The molecule has 0 heterocycles. The minimum Gasteiger partial charge on any atom is -0.382 e. The van der Waals surface area contributed by atoms with Crippen molar-refractivity contribution in [2.45, 2.75) is 20.8 Å². The molecule has 1 atom stereocenters. The van der Waals surface area contributed by atoms with Gasteiger partial charge in [0.25, 0.3) is 0 Å². The zero-order chi connectivity index (χ0) is 13.0. The predicted molar refractivity (Wildman–Crippen MR) is 67.0 cm³/mol. The maximum atomic E-state index is 13.5. The van der Waals surface area contributed by atoms with Crippen LogP contribution in [0.3, 0.4) is 0 Å². The Hall–Kier alpha value is -1.16. The Morgan fingerprint density at radius 1 is 1.24 bits per heavy atom. The van der Waals surface area contributed by atoms with Gasteiger partial charge in [-0.15, -0.1) is 0 Å². The van der Waals surface area contributed by atoms with E-state index >= 15 is 0 Å². The summed E-state index contributed by atoms with van der Waals surface area (Å²) >= 11 is 0. The van der Waals surface area contributed by atoms with Crippen molar-refractivity contribution in [3.05, 3.63) is 29.3 Å². The molecule has 1 aromatic carbocycles. The molecule has 0 saturated heterocycles. The topological polar surface area (TPSA) is 38.0 Å². The van der Waals surface area contributed by atoms with Crippen LogP contribution in [0.1, 0.15) is 19.4 Å². The highest BCUT2D eigenvalue weighted by atomic mass is 19.1. The highest BCUT2D eigenvalue weighted by Gasteiger charge is 2.13. The largest absolute Gasteiger partial charge is 0.382 e. The van der Waals surface area contributed by atoms with E-state index in [2.05, 4.69) is 19.2 Å². The van der Waals surface area contributed by atoms with E-state index in [9.17, 15) is 8.78 Å². The number of hydrogen-bond donors (Lipinski definition) is 2. The predicted octanol–water partition coefficient (Wildman–Crippen LogP) is 2.92. The molecular formula is C13H20F2N2. The molecule has 0 aliphatic carbocycles. The van der Waals surface area contributed by atoms with Crippen LogP contribution in [0.25, 0.3) is 0 Å². The third-order valence-electron chi connectivity index (χ3n) is 3.05. The number of nitrogens with one attached hydrogen (secondary N) is 1. The zero-order valence-electron chi connectivity index (χ0n) is 10.6. The van der Waals surface area contributed by atoms with Crippen molar-refractivity contribution in [2.24, 2.45) is 17.6 Å². The number of nitrogens with two attached hydrogens (primary N) is 1. The molecule has 0 spiro atoms. The van der Waals surface area contributed by atoms with E-state index in [0.29, 0.717) is 24.6 Å². The van der Waals surface area contributed by atoms with Gasteiger partial charge in [0.15, 0.2) is 0 Å². The summed E-state index contributed by atoms with van der Waals surface area (Å²) < 4.78 is 26.8. The number of aryl methyl sites for hydroxylation is 1. The highest BCUT2D eigenvalue weighted by Crippen LogP contribution is 2.20. The SMILES string of the molecule is Cc1cc(F)c(NCC(CN)C(C)C)cc1F. The molecular weight excluding hydrogens is 222 g/mol. The Bertz CT molecular complexity index is 378. The molecule has 1 unspecified atom stereocenters. The molecule has 96 valence electrons. The fraction of sp³-hybridized carbons (Fsp3) is 0.538. The lowest BCUT2D eigenvalue weighted by Gasteiger charge is -2.20. The van der Waals surface area contributed by atoms with Crippen LogP contribution in [-0.2, 0) is 0 Å². The number of rotatable bonds is 5. The average Bonchev–Trinajstić information content (AvgIpc) is 2.25. The summed E-state index contributed by atoms with van der Waals surface area (Å²) in [4.78, 5) is 0. The zero-order valence-corrected chi connectivity index (χ0v) is 10.6. The summed E-state index contributed by atoms with van der Waals surface area (Å²) in [5.74, 6) is -0.171. The van der Waals surface area contributed by atoms with Crippen LogP contribution < -0.4 is 11.1 Å². The molecule has 1 rings (SSSR count). The van der Waals surface area contributed by atoms with E-state index in [1.807, 2.05) is 0 Å². The second kappa shape index (κ2) is 5.96. The number of halogens is 2. The Morgan fingerprint density at radius 2 is 1.88 bits per heavy atom. The first-order chi connectivity index (χ1) is 7.95. The highest BCUT2D eigenvalue weighted by molar-refractivity contribution is 5.46. The van der Waals surface area contributed by atoms with Crippen molar-refractivity contribution >= 4 is 5.69 Å². The van der Waals surface area contributed by atoms with Gasteiger partial charge in [-0.05, 0) is 36.9 Å². The van der Waals surface area contributed by atoms with Gasteiger partial charge in [-0.1, -0.05) is 13.8 Å². The van der Waals surface area contributed by atoms with Crippen LogP contribution in [0, 0.1) is 30.4 Å². The number of benzene rings is 1. The van der Waals surface area contributed by atoms with Gasteiger partial charge in [0.2, 0.25) is 0 Å². The first-order valence-electron chi connectivity index (χ1n) is 5.85. The second-order valence-corrected chi connectivity index (χ2v) is 4.70. The molecule has 1 aromatic rings. The molecule has 0 aliphatic heterocycles. The first-order valence-corrected chi connectivity index (χ1v) is 5.85. The van der Waals surface area contributed by atoms with Gasteiger partial charge in [0.05, 0.1) is 5.69 Å². The Balaban J connectivity index is 2.72. The number of hydrogen-bond acceptors (Lipinski definition) is 2. The lowest BCUT2D eigenvalue weighted by atomic mass is 9.96. The maximum absolute atomic E-state index is 13.5. The first kappa shape index (κ1) is 13.9. The van der Waals surface area contributed by atoms with Crippen LogP contribution in [0.5, 0.6) is 0 Å². The van der Waals surface area contributed by atoms with Crippen molar-refractivity contribution in [1.82, 2.24) is 0 Å². The van der Waals surface area contributed by atoms with E-state index < -0.39 is 11.6 Å². The van der Waals surface area contributed by atoms with Gasteiger partial charge in [-0.3, -0.25) is 0 Å². The van der Waals surface area contributed by atoms with Gasteiger partial charge in [-0.25, -0.2) is 8.78 Å². The monoisotopic (exact) mass is 242 g/mol. The fourth-order valence-electron chi connectivity index (χ4n) is 1.61. The third kappa shape index (κ3) is 3.66. The summed E-state index contributed by atoms with van der Waals surface area (Å²) in [5, 5.41) is 2.92. The van der Waals surface area contributed by atoms with Crippen LogP contribution in [0.15, 0.2) is 12.1 Å². The lowest BCUT2D eigenvalue weighted by molar-refractivity contribution is 0.412. The molecule has 3 N–H and O–H groups in total. The van der Waals surface area contributed by atoms with Crippen molar-refractivity contribution < 1.29 is 8.78 Å². The Kier molecular flexibility index (Phi) is 4.87. The third-order valence-corrected chi connectivity index (χ3v) is 3.05. The maximum Gasteiger partial charge on any atom is 0.146 e. The van der Waals surface area contributed by atoms with E-state index in [-0.39, 0.29) is 11.6 Å². The second-order valence-electron chi connectivity index (χ2n) is 4.70. The summed E-state index contributed by atoms with van der Waals surface area (Å²) in [7, 11) is 0. The molecule has 0 bridgehead atoms. The van der Waals surface area contributed by atoms with Crippen molar-refractivity contribution in [1.29, 1.82) is 0 Å². The lowest BCUT2D eigenvalue weighted by Crippen LogP contribution is -2.27. The number of anilines is 1. The van der Waals surface area contributed by atoms with E-state index in [4.69, 9.17) is 5.73 Å². The summed E-state index contributed by atoms with van der Waals surface area (Å²) in [6, 6.07) is 2.39. The minimum atomic E-state index is -0.427. The van der Waals surface area contributed by atoms with Gasteiger partial charge >= 0.3 is 0 Å². The molecule has 0 aromatic heterocycles. The minimum absolute atomic E-state index is 0.201. The van der Waals surface area contributed by atoms with E-state index in [0.717, 1.165) is 0 Å². The molecule has 2 nitrogen and oxygen atoms in total. The normalized spacial score (nSPS) is 12.9. The summed E-state index contributed by atoms with van der Waals surface area (Å²) in [5.41, 5.74) is 6.14. The fourth-order valence-corrected chi connectivity index (χ4v) is 1.61. The van der Waals surface area contributed by atoms with Crippen molar-refractivity contribution in [3.63, 3.8) is 0 Å². The molecule has 0 amide bonds. The quantitative estimate of drug-likeness (QED) is 0.833. The molecule has 0 aliphatic rings. The standard InChI is InChI=1S/C13H20F2N2/c1-8(2)10(6-16)7-17-13-5-11(14)9(3)4-12(13)15/h4-5,8,10,17H,6-7,16H2,1-3H3. The van der Waals surface area contributed by atoms with Crippen molar-refractivity contribution in [2.75, 3.05) is 18.4 Å². The smallest absolute Gasteiger partial charge is 0.146 e. The molecule has 17 heavy (non-hydrogen) atoms. The van der Waals surface area contributed by atoms with Crippen LogP contribution >= 0.6 is 0 Å².